The Balaban J connectivity index is 2.22. The number of likely N-dealkylation sites (N-methyl/N-ethyl adjacent to an activating group) is 1. The molecule has 1 aromatic rings. The van der Waals surface area contributed by atoms with Crippen LogP contribution in [0.2, 0.25) is 0 Å². The van der Waals surface area contributed by atoms with Gasteiger partial charge in [0.2, 0.25) is 5.91 Å². The van der Waals surface area contributed by atoms with Crippen LogP contribution in [-0.4, -0.2) is 49.2 Å². The van der Waals surface area contributed by atoms with E-state index in [2.05, 4.69) is 16.3 Å². The summed E-state index contributed by atoms with van der Waals surface area (Å²) < 4.78 is 5.49. The van der Waals surface area contributed by atoms with E-state index in [4.69, 9.17) is 10.5 Å². The van der Waals surface area contributed by atoms with E-state index < -0.39 is 0 Å². The van der Waals surface area contributed by atoms with Crippen LogP contribution < -0.4 is 11.1 Å². The lowest BCUT2D eigenvalue weighted by Gasteiger charge is -2.41. The number of rotatable bonds is 5. The standard InChI is InChI=1S/C14H23N3O2S/c1-3-16-14(18)11-9-19-7-6-17(11)13(10(2)15)12-5-4-8-20-12/h4-5,8,10-11,13H,3,6-7,9,15H2,1-2H3,(H,16,18). The highest BCUT2D eigenvalue weighted by Crippen LogP contribution is 2.30. The number of carbonyl (C=O) groups is 1. The van der Waals surface area contributed by atoms with Gasteiger partial charge in [0.1, 0.15) is 6.04 Å². The van der Waals surface area contributed by atoms with Crippen molar-refractivity contribution < 1.29 is 9.53 Å². The van der Waals surface area contributed by atoms with Crippen LogP contribution >= 0.6 is 11.3 Å². The van der Waals surface area contributed by atoms with E-state index in [9.17, 15) is 4.79 Å². The Kier molecular flexibility index (Phi) is 5.54. The summed E-state index contributed by atoms with van der Waals surface area (Å²) in [6, 6.07) is 3.87. The number of carbonyl (C=O) groups excluding carboxylic acids is 1. The molecule has 1 aliphatic heterocycles. The van der Waals surface area contributed by atoms with Crippen molar-refractivity contribution in [3.05, 3.63) is 22.4 Å². The molecule has 0 aliphatic carbocycles. The van der Waals surface area contributed by atoms with Crippen LogP contribution in [-0.2, 0) is 9.53 Å². The van der Waals surface area contributed by atoms with Crippen molar-refractivity contribution in [1.82, 2.24) is 10.2 Å². The third kappa shape index (κ3) is 3.38. The topological polar surface area (TPSA) is 67.6 Å². The van der Waals surface area contributed by atoms with E-state index in [-0.39, 0.29) is 24.0 Å². The highest BCUT2D eigenvalue weighted by Gasteiger charge is 2.36. The number of morpholine rings is 1. The van der Waals surface area contributed by atoms with Crippen LogP contribution in [0.3, 0.4) is 0 Å². The summed E-state index contributed by atoms with van der Waals surface area (Å²) in [7, 11) is 0. The molecule has 1 aromatic heterocycles. The average molecular weight is 297 g/mol. The second-order valence-electron chi connectivity index (χ2n) is 5.04. The van der Waals surface area contributed by atoms with Crippen LogP contribution in [0.5, 0.6) is 0 Å². The predicted molar refractivity (Wildman–Crippen MR) is 80.7 cm³/mol. The molecule has 0 bridgehead atoms. The van der Waals surface area contributed by atoms with Crippen LogP contribution in [0.25, 0.3) is 0 Å². The Bertz CT molecular complexity index is 422. The largest absolute Gasteiger partial charge is 0.378 e. The molecule has 3 unspecified atom stereocenters. The van der Waals surface area contributed by atoms with E-state index in [1.807, 2.05) is 25.3 Å². The maximum absolute atomic E-state index is 12.2. The van der Waals surface area contributed by atoms with E-state index in [0.717, 1.165) is 6.54 Å². The fraction of sp³-hybridized carbons (Fsp3) is 0.643. The summed E-state index contributed by atoms with van der Waals surface area (Å²) in [5.74, 6) is 0.0226. The fourth-order valence-corrected chi connectivity index (χ4v) is 3.61. The monoisotopic (exact) mass is 297 g/mol. The van der Waals surface area contributed by atoms with Crippen molar-refractivity contribution in [2.45, 2.75) is 32.0 Å². The van der Waals surface area contributed by atoms with Crippen LogP contribution in [0.15, 0.2) is 17.5 Å². The molecule has 2 heterocycles. The molecular weight excluding hydrogens is 274 g/mol. The number of hydrogen-bond acceptors (Lipinski definition) is 5. The molecule has 0 aromatic carbocycles. The maximum Gasteiger partial charge on any atom is 0.239 e. The van der Waals surface area contributed by atoms with E-state index in [1.165, 1.54) is 4.88 Å². The van der Waals surface area contributed by atoms with Crippen molar-refractivity contribution in [2.24, 2.45) is 5.73 Å². The second kappa shape index (κ2) is 7.17. The normalized spacial score (nSPS) is 23.2. The minimum atomic E-state index is -0.262. The number of thiophene rings is 1. The van der Waals surface area contributed by atoms with Gasteiger partial charge in [-0.05, 0) is 25.3 Å². The average Bonchev–Trinajstić information content (AvgIpc) is 2.93. The molecular formula is C14H23N3O2S. The molecule has 20 heavy (non-hydrogen) atoms. The molecule has 0 radical (unpaired) electrons. The van der Waals surface area contributed by atoms with Gasteiger partial charge in [-0.15, -0.1) is 11.3 Å². The molecule has 112 valence electrons. The molecule has 0 spiro atoms. The third-order valence-electron chi connectivity index (χ3n) is 3.51. The van der Waals surface area contributed by atoms with Crippen molar-refractivity contribution in [2.75, 3.05) is 26.3 Å². The zero-order valence-corrected chi connectivity index (χ0v) is 12.9. The van der Waals surface area contributed by atoms with E-state index in [1.54, 1.807) is 11.3 Å². The van der Waals surface area contributed by atoms with Crippen LogP contribution in [0, 0.1) is 0 Å². The molecule has 2 rings (SSSR count). The zero-order chi connectivity index (χ0) is 14.5. The minimum Gasteiger partial charge on any atom is -0.378 e. The highest BCUT2D eigenvalue weighted by molar-refractivity contribution is 7.10. The summed E-state index contributed by atoms with van der Waals surface area (Å²) in [5, 5.41) is 4.93. The van der Waals surface area contributed by atoms with Gasteiger partial charge in [0.15, 0.2) is 0 Å². The van der Waals surface area contributed by atoms with Crippen molar-refractivity contribution in [3.63, 3.8) is 0 Å². The van der Waals surface area contributed by atoms with Crippen molar-refractivity contribution in [1.29, 1.82) is 0 Å². The summed E-state index contributed by atoms with van der Waals surface area (Å²) in [6.45, 7) is 6.35. The van der Waals surface area contributed by atoms with Crippen LogP contribution in [0.1, 0.15) is 24.8 Å². The number of nitrogens with one attached hydrogen (secondary N) is 1. The Labute approximate surface area is 124 Å². The first-order valence-corrected chi connectivity index (χ1v) is 7.93. The number of amides is 1. The summed E-state index contributed by atoms with van der Waals surface area (Å²) >= 11 is 1.69. The Hall–Kier alpha value is -0.950. The summed E-state index contributed by atoms with van der Waals surface area (Å²) in [5.41, 5.74) is 6.19. The van der Waals surface area contributed by atoms with Gasteiger partial charge < -0.3 is 15.8 Å². The molecule has 6 heteroatoms. The summed E-state index contributed by atoms with van der Waals surface area (Å²) in [4.78, 5) is 15.6. The fourth-order valence-electron chi connectivity index (χ4n) is 2.65. The third-order valence-corrected chi connectivity index (χ3v) is 4.46. The number of nitrogens with zero attached hydrogens (tertiary/aromatic N) is 1. The van der Waals surface area contributed by atoms with E-state index >= 15 is 0 Å². The van der Waals surface area contributed by atoms with Gasteiger partial charge in [-0.3, -0.25) is 9.69 Å². The van der Waals surface area contributed by atoms with Crippen LogP contribution in [0.4, 0.5) is 0 Å². The molecule has 3 N–H and O–H groups in total. The minimum absolute atomic E-state index is 0.0226. The van der Waals surface area contributed by atoms with E-state index in [0.29, 0.717) is 19.8 Å². The highest BCUT2D eigenvalue weighted by atomic mass is 32.1. The second-order valence-corrected chi connectivity index (χ2v) is 6.02. The molecule has 1 amide bonds. The predicted octanol–water partition coefficient (Wildman–Crippen LogP) is 0.973. The maximum atomic E-state index is 12.2. The lowest BCUT2D eigenvalue weighted by Crippen LogP contribution is -2.57. The molecule has 1 saturated heterocycles. The first-order chi connectivity index (χ1) is 9.65. The number of ether oxygens (including phenoxy) is 1. The van der Waals surface area contributed by atoms with Gasteiger partial charge >= 0.3 is 0 Å². The molecule has 3 atom stereocenters. The molecule has 1 fully saturated rings. The number of nitrogens with two attached hydrogens (primary N) is 1. The first-order valence-electron chi connectivity index (χ1n) is 7.05. The smallest absolute Gasteiger partial charge is 0.239 e. The van der Waals surface area contributed by atoms with Crippen molar-refractivity contribution >= 4 is 17.2 Å². The lowest BCUT2D eigenvalue weighted by atomic mass is 10.0. The van der Waals surface area contributed by atoms with Gasteiger partial charge in [-0.25, -0.2) is 0 Å². The molecule has 0 saturated carbocycles. The number of hydrogen-bond donors (Lipinski definition) is 2. The first kappa shape index (κ1) is 15.4. The lowest BCUT2D eigenvalue weighted by molar-refractivity contribution is -0.135. The SMILES string of the molecule is CCNC(=O)C1COCCN1C(c1cccs1)C(C)N. The van der Waals surface area contributed by atoms with Gasteiger partial charge in [-0.2, -0.15) is 0 Å². The van der Waals surface area contributed by atoms with Gasteiger partial charge in [-0.1, -0.05) is 6.07 Å². The zero-order valence-electron chi connectivity index (χ0n) is 12.0. The quantitative estimate of drug-likeness (QED) is 0.850. The van der Waals surface area contributed by atoms with Gasteiger partial charge in [0, 0.05) is 24.0 Å². The Morgan fingerprint density at radius 2 is 2.50 bits per heavy atom. The van der Waals surface area contributed by atoms with Crippen molar-refractivity contribution in [3.8, 4) is 0 Å². The Morgan fingerprint density at radius 3 is 3.10 bits per heavy atom. The Morgan fingerprint density at radius 1 is 1.70 bits per heavy atom. The molecule has 5 nitrogen and oxygen atoms in total. The molecule has 1 aliphatic rings. The van der Waals surface area contributed by atoms with Gasteiger partial charge in [0.25, 0.3) is 0 Å². The van der Waals surface area contributed by atoms with Gasteiger partial charge in [0.05, 0.1) is 19.3 Å². The summed E-state index contributed by atoms with van der Waals surface area (Å²) in [6.07, 6.45) is 0.